The van der Waals surface area contributed by atoms with Crippen LogP contribution < -0.4 is 0 Å². The molecule has 1 saturated heterocycles. The molecule has 106 valence electrons. The van der Waals surface area contributed by atoms with E-state index in [4.69, 9.17) is 0 Å². The lowest BCUT2D eigenvalue weighted by Gasteiger charge is -2.40. The van der Waals surface area contributed by atoms with E-state index in [1.807, 2.05) is 20.8 Å². The molecule has 0 aliphatic carbocycles. The van der Waals surface area contributed by atoms with Crippen LogP contribution in [0.15, 0.2) is 0 Å². The van der Waals surface area contributed by atoms with Crippen molar-refractivity contribution in [3.05, 3.63) is 15.6 Å². The topological polar surface area (TPSA) is 53.4 Å². The summed E-state index contributed by atoms with van der Waals surface area (Å²) in [5, 5.41) is 10.5. The molecule has 0 amide bonds. The molecule has 1 aliphatic rings. The Kier molecular flexibility index (Phi) is 3.97. The number of carboxylic acid groups (broad SMARTS) is 1. The van der Waals surface area contributed by atoms with E-state index in [9.17, 15) is 9.90 Å². The fourth-order valence-corrected chi connectivity index (χ4v) is 3.90. The molecule has 1 fully saturated rings. The molecule has 0 saturated carbocycles. The second-order valence-corrected chi connectivity index (χ2v) is 7.03. The smallest absolute Gasteiger partial charge is 0.310 e. The summed E-state index contributed by atoms with van der Waals surface area (Å²) < 4.78 is 0. The normalized spacial score (nSPS) is 26.3. The Morgan fingerprint density at radius 3 is 2.74 bits per heavy atom. The zero-order chi connectivity index (χ0) is 14.2. The third-order valence-electron chi connectivity index (χ3n) is 4.11. The van der Waals surface area contributed by atoms with Crippen LogP contribution in [0.4, 0.5) is 0 Å². The van der Waals surface area contributed by atoms with Crippen molar-refractivity contribution in [1.82, 2.24) is 9.88 Å². The van der Waals surface area contributed by atoms with Crippen LogP contribution in [0.1, 0.15) is 48.3 Å². The number of carbonyl (C=O) groups is 1. The first-order valence-electron chi connectivity index (χ1n) is 6.75. The number of carboxylic acids is 1. The standard InChI is InChI=1S/C14H22N2O2S/c1-9-12(19-11(3)15-9)10(2)16-7-5-6-14(4,8-16)13(17)18/h10H,5-8H2,1-4H3,(H,17,18). The maximum Gasteiger partial charge on any atom is 0.310 e. The van der Waals surface area contributed by atoms with Gasteiger partial charge in [-0.05, 0) is 47.1 Å². The lowest BCUT2D eigenvalue weighted by Crippen LogP contribution is -2.46. The van der Waals surface area contributed by atoms with Crippen LogP contribution in [0.5, 0.6) is 0 Å². The molecule has 2 rings (SSSR count). The van der Waals surface area contributed by atoms with Crippen LogP contribution in [0, 0.1) is 19.3 Å². The van der Waals surface area contributed by atoms with Gasteiger partial charge in [0.2, 0.25) is 0 Å². The van der Waals surface area contributed by atoms with Gasteiger partial charge in [0, 0.05) is 17.5 Å². The molecule has 1 aromatic rings. The van der Waals surface area contributed by atoms with Gasteiger partial charge in [-0.3, -0.25) is 9.69 Å². The minimum absolute atomic E-state index is 0.255. The molecule has 2 unspecified atom stereocenters. The van der Waals surface area contributed by atoms with E-state index in [1.54, 1.807) is 11.3 Å². The molecular formula is C14H22N2O2S. The number of nitrogens with zero attached hydrogens (tertiary/aromatic N) is 2. The lowest BCUT2D eigenvalue weighted by molar-refractivity contribution is -0.151. The van der Waals surface area contributed by atoms with Gasteiger partial charge in [-0.1, -0.05) is 0 Å². The molecule has 1 N–H and O–H groups in total. The second kappa shape index (κ2) is 5.21. The first-order valence-corrected chi connectivity index (χ1v) is 7.56. The monoisotopic (exact) mass is 282 g/mol. The molecule has 1 aliphatic heterocycles. The van der Waals surface area contributed by atoms with Gasteiger partial charge in [0.1, 0.15) is 0 Å². The Hall–Kier alpha value is -0.940. The third kappa shape index (κ3) is 2.82. The highest BCUT2D eigenvalue weighted by Crippen LogP contribution is 2.36. The van der Waals surface area contributed by atoms with Crippen molar-refractivity contribution in [3.63, 3.8) is 0 Å². The Morgan fingerprint density at radius 1 is 1.53 bits per heavy atom. The van der Waals surface area contributed by atoms with Crippen LogP contribution in [0.25, 0.3) is 0 Å². The maximum atomic E-state index is 11.4. The summed E-state index contributed by atoms with van der Waals surface area (Å²) in [4.78, 5) is 19.4. The first kappa shape index (κ1) is 14.5. The predicted molar refractivity (Wildman–Crippen MR) is 76.6 cm³/mol. The number of hydrogen-bond acceptors (Lipinski definition) is 4. The lowest BCUT2D eigenvalue weighted by atomic mass is 9.81. The number of hydrogen-bond donors (Lipinski definition) is 1. The van der Waals surface area contributed by atoms with Gasteiger partial charge in [-0.15, -0.1) is 11.3 Å². The molecule has 0 spiro atoms. The Labute approximate surface area is 118 Å². The summed E-state index contributed by atoms with van der Waals surface area (Å²) in [5.74, 6) is -0.679. The van der Waals surface area contributed by atoms with Gasteiger partial charge >= 0.3 is 5.97 Å². The minimum atomic E-state index is -0.679. The number of thiazole rings is 1. The summed E-state index contributed by atoms with van der Waals surface area (Å²) >= 11 is 1.72. The van der Waals surface area contributed by atoms with Crippen LogP contribution >= 0.6 is 11.3 Å². The van der Waals surface area contributed by atoms with E-state index in [0.29, 0.717) is 6.54 Å². The van der Waals surface area contributed by atoms with Crippen LogP contribution in [0.3, 0.4) is 0 Å². The molecule has 19 heavy (non-hydrogen) atoms. The Balaban J connectivity index is 2.18. The molecule has 0 radical (unpaired) electrons. The van der Waals surface area contributed by atoms with E-state index in [2.05, 4.69) is 16.8 Å². The largest absolute Gasteiger partial charge is 0.481 e. The molecule has 0 aromatic carbocycles. The molecule has 4 nitrogen and oxygen atoms in total. The highest BCUT2D eigenvalue weighted by Gasteiger charge is 2.39. The van der Waals surface area contributed by atoms with Crippen molar-refractivity contribution in [2.75, 3.05) is 13.1 Å². The summed E-state index contributed by atoms with van der Waals surface area (Å²) in [5.41, 5.74) is 0.470. The molecule has 5 heteroatoms. The van der Waals surface area contributed by atoms with Crippen LogP contribution in [-0.2, 0) is 4.79 Å². The summed E-state index contributed by atoms with van der Waals surface area (Å²) in [6, 6.07) is 0.255. The quantitative estimate of drug-likeness (QED) is 0.926. The highest BCUT2D eigenvalue weighted by atomic mass is 32.1. The number of aliphatic carboxylic acids is 1. The maximum absolute atomic E-state index is 11.4. The zero-order valence-electron chi connectivity index (χ0n) is 12.1. The minimum Gasteiger partial charge on any atom is -0.481 e. The van der Waals surface area contributed by atoms with Gasteiger partial charge in [-0.2, -0.15) is 0 Å². The molecule has 0 bridgehead atoms. The summed E-state index contributed by atoms with van der Waals surface area (Å²) in [6.45, 7) is 9.67. The van der Waals surface area contributed by atoms with Crippen molar-refractivity contribution in [1.29, 1.82) is 0 Å². The third-order valence-corrected chi connectivity index (χ3v) is 5.35. The van der Waals surface area contributed by atoms with Crippen molar-refractivity contribution < 1.29 is 9.90 Å². The Bertz CT molecular complexity index is 486. The highest BCUT2D eigenvalue weighted by molar-refractivity contribution is 7.11. The molecule has 2 heterocycles. The number of aryl methyl sites for hydroxylation is 2. The first-order chi connectivity index (χ1) is 8.83. The van der Waals surface area contributed by atoms with Crippen molar-refractivity contribution >= 4 is 17.3 Å². The SMILES string of the molecule is Cc1nc(C)c(C(C)N2CCCC(C)(C(=O)O)C2)s1. The van der Waals surface area contributed by atoms with Gasteiger partial charge < -0.3 is 5.11 Å². The number of likely N-dealkylation sites (tertiary alicyclic amines) is 1. The van der Waals surface area contributed by atoms with E-state index < -0.39 is 11.4 Å². The van der Waals surface area contributed by atoms with Gasteiger partial charge in [0.05, 0.1) is 16.1 Å². The van der Waals surface area contributed by atoms with Gasteiger partial charge in [0.25, 0.3) is 0 Å². The van der Waals surface area contributed by atoms with Crippen molar-refractivity contribution in [2.45, 2.75) is 46.6 Å². The van der Waals surface area contributed by atoms with E-state index in [1.165, 1.54) is 4.88 Å². The summed E-state index contributed by atoms with van der Waals surface area (Å²) in [6.07, 6.45) is 1.72. The summed E-state index contributed by atoms with van der Waals surface area (Å²) in [7, 11) is 0. The van der Waals surface area contributed by atoms with Crippen LogP contribution in [-0.4, -0.2) is 34.0 Å². The Morgan fingerprint density at radius 2 is 2.21 bits per heavy atom. The predicted octanol–water partition coefficient (Wildman–Crippen LogP) is 3.01. The number of aromatic nitrogens is 1. The van der Waals surface area contributed by atoms with E-state index >= 15 is 0 Å². The van der Waals surface area contributed by atoms with Crippen molar-refractivity contribution in [2.24, 2.45) is 5.41 Å². The van der Waals surface area contributed by atoms with E-state index in [-0.39, 0.29) is 6.04 Å². The average Bonchev–Trinajstić information content (AvgIpc) is 2.67. The zero-order valence-corrected chi connectivity index (χ0v) is 12.9. The molecule has 1 aromatic heterocycles. The number of piperidine rings is 1. The fraction of sp³-hybridized carbons (Fsp3) is 0.714. The molecule has 2 atom stereocenters. The van der Waals surface area contributed by atoms with Crippen molar-refractivity contribution in [3.8, 4) is 0 Å². The second-order valence-electron chi connectivity index (χ2n) is 5.80. The van der Waals surface area contributed by atoms with Gasteiger partial charge in [-0.25, -0.2) is 4.98 Å². The van der Waals surface area contributed by atoms with Crippen LogP contribution in [0.2, 0.25) is 0 Å². The number of rotatable bonds is 3. The fourth-order valence-electron chi connectivity index (χ4n) is 2.88. The average molecular weight is 282 g/mol. The van der Waals surface area contributed by atoms with Gasteiger partial charge in [0.15, 0.2) is 0 Å². The molecular weight excluding hydrogens is 260 g/mol. The van der Waals surface area contributed by atoms with E-state index in [0.717, 1.165) is 30.1 Å².